The number of rotatable bonds is 3. The van der Waals surface area contributed by atoms with Crippen LogP contribution in [0.4, 0.5) is 5.69 Å². The average molecular weight is 285 g/mol. The molecule has 1 aromatic heterocycles. The third-order valence-corrected chi connectivity index (χ3v) is 5.01. The monoisotopic (exact) mass is 285 g/mol. The maximum absolute atomic E-state index is 6.11. The third kappa shape index (κ3) is 1.97. The first-order valence-corrected chi connectivity index (χ1v) is 7.48. The summed E-state index contributed by atoms with van der Waals surface area (Å²) in [5.41, 5.74) is 7.64. The second-order valence-corrected chi connectivity index (χ2v) is 6.14. The van der Waals surface area contributed by atoms with Crippen molar-refractivity contribution in [3.63, 3.8) is 0 Å². The Morgan fingerprint density at radius 2 is 2.19 bits per heavy atom. The van der Waals surface area contributed by atoms with Crippen molar-refractivity contribution in [3.05, 3.63) is 18.2 Å². The number of nitrogens with zero attached hydrogens (tertiary/aromatic N) is 4. The number of nitrogens with two attached hydrogens (primary N) is 1. The molecule has 4 rings (SSSR count). The molecule has 1 heterocycles. The summed E-state index contributed by atoms with van der Waals surface area (Å²) in [6.45, 7) is 0. The number of ether oxygens (including phenoxy) is 1. The quantitative estimate of drug-likeness (QED) is 0.875. The van der Waals surface area contributed by atoms with E-state index in [1.54, 1.807) is 7.11 Å². The van der Waals surface area contributed by atoms with E-state index >= 15 is 0 Å². The Morgan fingerprint density at radius 3 is 2.90 bits per heavy atom. The summed E-state index contributed by atoms with van der Waals surface area (Å²) in [4.78, 5) is 0. The van der Waals surface area contributed by atoms with Crippen LogP contribution in [-0.2, 0) is 0 Å². The summed E-state index contributed by atoms with van der Waals surface area (Å²) in [5, 5.41) is 12.4. The average Bonchev–Trinajstić information content (AvgIpc) is 3.23. The summed E-state index contributed by atoms with van der Waals surface area (Å²) in [5.74, 6) is 3.08. The Kier molecular flexibility index (Phi) is 2.83. The Morgan fingerprint density at radius 1 is 1.29 bits per heavy atom. The van der Waals surface area contributed by atoms with E-state index < -0.39 is 0 Å². The topological polar surface area (TPSA) is 78.8 Å². The molecule has 2 N–H and O–H groups in total. The maximum Gasteiger partial charge on any atom is 0.184 e. The Labute approximate surface area is 123 Å². The van der Waals surface area contributed by atoms with E-state index in [-0.39, 0.29) is 0 Å². The molecule has 0 aliphatic heterocycles. The molecular formula is C15H19N5O. The number of fused-ring (bicyclic) bond motifs is 2. The van der Waals surface area contributed by atoms with Crippen molar-refractivity contribution in [2.75, 3.05) is 12.8 Å². The molecule has 2 fully saturated rings. The number of methoxy groups -OCH3 is 1. The maximum atomic E-state index is 6.11. The van der Waals surface area contributed by atoms with E-state index in [1.165, 1.54) is 25.7 Å². The molecule has 3 unspecified atom stereocenters. The summed E-state index contributed by atoms with van der Waals surface area (Å²) >= 11 is 0. The lowest BCUT2D eigenvalue weighted by Crippen LogP contribution is -2.18. The molecule has 2 aliphatic carbocycles. The van der Waals surface area contributed by atoms with Crippen LogP contribution in [0.5, 0.6) is 5.75 Å². The summed E-state index contributed by atoms with van der Waals surface area (Å²) in [7, 11) is 1.65. The molecule has 0 radical (unpaired) electrons. The van der Waals surface area contributed by atoms with Crippen molar-refractivity contribution in [1.82, 2.24) is 20.2 Å². The number of nitrogen functional groups attached to an aromatic ring is 1. The van der Waals surface area contributed by atoms with Gasteiger partial charge in [-0.3, -0.25) is 0 Å². The number of tetrazole rings is 1. The molecule has 0 saturated heterocycles. The first-order valence-electron chi connectivity index (χ1n) is 7.48. The second kappa shape index (κ2) is 4.72. The van der Waals surface area contributed by atoms with Crippen LogP contribution >= 0.6 is 0 Å². The van der Waals surface area contributed by atoms with Gasteiger partial charge in [-0.25, -0.2) is 4.68 Å². The number of hydrogen-bond donors (Lipinski definition) is 1. The third-order valence-electron chi connectivity index (χ3n) is 5.01. The molecule has 0 spiro atoms. The van der Waals surface area contributed by atoms with Crippen LogP contribution in [0.3, 0.4) is 0 Å². The van der Waals surface area contributed by atoms with Gasteiger partial charge in [-0.1, -0.05) is 6.42 Å². The molecule has 21 heavy (non-hydrogen) atoms. The summed E-state index contributed by atoms with van der Waals surface area (Å²) in [6.07, 6.45) is 5.16. The van der Waals surface area contributed by atoms with E-state index in [9.17, 15) is 0 Å². The van der Waals surface area contributed by atoms with Gasteiger partial charge < -0.3 is 10.5 Å². The molecule has 2 bridgehead atoms. The van der Waals surface area contributed by atoms with Crippen LogP contribution in [0, 0.1) is 11.8 Å². The van der Waals surface area contributed by atoms with Gasteiger partial charge in [0.25, 0.3) is 0 Å². The van der Waals surface area contributed by atoms with E-state index in [2.05, 4.69) is 15.5 Å². The highest BCUT2D eigenvalue weighted by Gasteiger charge is 2.42. The van der Waals surface area contributed by atoms with Crippen molar-refractivity contribution < 1.29 is 4.74 Å². The zero-order valence-electron chi connectivity index (χ0n) is 12.1. The zero-order valence-corrected chi connectivity index (χ0v) is 12.1. The fraction of sp³-hybridized carbons (Fsp3) is 0.533. The summed E-state index contributed by atoms with van der Waals surface area (Å²) < 4.78 is 7.27. The molecule has 1 aromatic carbocycles. The lowest BCUT2D eigenvalue weighted by atomic mass is 9.95. The minimum Gasteiger partial charge on any atom is -0.497 e. The molecule has 110 valence electrons. The van der Waals surface area contributed by atoms with Crippen LogP contribution < -0.4 is 10.5 Å². The molecular weight excluding hydrogens is 266 g/mol. The van der Waals surface area contributed by atoms with Gasteiger partial charge >= 0.3 is 0 Å². The highest BCUT2D eigenvalue weighted by molar-refractivity contribution is 5.73. The van der Waals surface area contributed by atoms with Crippen LogP contribution in [0.2, 0.25) is 0 Å². The van der Waals surface area contributed by atoms with E-state index in [1.807, 2.05) is 22.9 Å². The van der Waals surface area contributed by atoms with Crippen LogP contribution in [0.1, 0.15) is 31.7 Å². The van der Waals surface area contributed by atoms with Crippen molar-refractivity contribution in [1.29, 1.82) is 0 Å². The van der Waals surface area contributed by atoms with E-state index in [4.69, 9.17) is 10.5 Å². The van der Waals surface area contributed by atoms with Gasteiger partial charge in [0.2, 0.25) is 0 Å². The highest BCUT2D eigenvalue weighted by atomic mass is 16.5. The van der Waals surface area contributed by atoms with Crippen molar-refractivity contribution in [2.24, 2.45) is 11.8 Å². The lowest BCUT2D eigenvalue weighted by molar-refractivity contribution is 0.304. The van der Waals surface area contributed by atoms with Crippen LogP contribution in [0.25, 0.3) is 11.4 Å². The minimum atomic E-state index is 0.416. The van der Waals surface area contributed by atoms with Gasteiger partial charge in [0, 0.05) is 11.3 Å². The highest BCUT2D eigenvalue weighted by Crippen LogP contribution is 2.51. The molecule has 3 atom stereocenters. The standard InChI is InChI=1S/C15H19N5O/c1-21-11-4-5-13(16)12(8-11)15-17-18-19-20(15)14-7-9-2-3-10(14)6-9/h4-5,8-10,14H,2-3,6-7,16H2,1H3. The molecule has 2 saturated carbocycles. The molecule has 2 aliphatic rings. The van der Waals surface area contributed by atoms with Crippen molar-refractivity contribution >= 4 is 5.69 Å². The number of anilines is 1. The predicted molar refractivity (Wildman–Crippen MR) is 78.7 cm³/mol. The van der Waals surface area contributed by atoms with Crippen LogP contribution in [0.15, 0.2) is 18.2 Å². The van der Waals surface area contributed by atoms with Gasteiger partial charge in [-0.2, -0.15) is 0 Å². The van der Waals surface area contributed by atoms with E-state index in [0.29, 0.717) is 17.6 Å². The first-order chi connectivity index (χ1) is 10.3. The lowest BCUT2D eigenvalue weighted by Gasteiger charge is -2.22. The van der Waals surface area contributed by atoms with E-state index in [0.717, 1.165) is 23.1 Å². The normalized spacial score (nSPS) is 27.2. The van der Waals surface area contributed by atoms with Gasteiger partial charge in [0.05, 0.1) is 13.2 Å². The fourth-order valence-corrected chi connectivity index (χ4v) is 3.96. The van der Waals surface area contributed by atoms with Gasteiger partial charge in [-0.05, 0) is 59.7 Å². The molecule has 6 heteroatoms. The summed E-state index contributed by atoms with van der Waals surface area (Å²) in [6, 6.07) is 6.02. The second-order valence-electron chi connectivity index (χ2n) is 6.14. The molecule has 2 aromatic rings. The Hall–Kier alpha value is -2.11. The van der Waals surface area contributed by atoms with Gasteiger partial charge in [0.1, 0.15) is 5.75 Å². The molecule has 0 amide bonds. The minimum absolute atomic E-state index is 0.416. The van der Waals surface area contributed by atoms with Gasteiger partial charge in [-0.15, -0.1) is 5.10 Å². The number of hydrogen-bond acceptors (Lipinski definition) is 5. The van der Waals surface area contributed by atoms with Gasteiger partial charge in [0.15, 0.2) is 5.82 Å². The van der Waals surface area contributed by atoms with Crippen molar-refractivity contribution in [2.45, 2.75) is 31.7 Å². The Balaban J connectivity index is 1.75. The zero-order chi connectivity index (χ0) is 14.4. The number of benzene rings is 1. The number of aromatic nitrogens is 4. The van der Waals surface area contributed by atoms with Crippen LogP contribution in [-0.4, -0.2) is 27.3 Å². The first kappa shape index (κ1) is 12.6. The van der Waals surface area contributed by atoms with Crippen molar-refractivity contribution in [3.8, 4) is 17.1 Å². The predicted octanol–water partition coefficient (Wildman–Crippen LogP) is 2.29. The fourth-order valence-electron chi connectivity index (χ4n) is 3.96. The Bertz CT molecular complexity index is 668. The smallest absolute Gasteiger partial charge is 0.184 e. The SMILES string of the molecule is COc1ccc(N)c(-c2nnnn2C2CC3CCC2C3)c1. The molecule has 6 nitrogen and oxygen atoms in total. The largest absolute Gasteiger partial charge is 0.497 e.